The van der Waals surface area contributed by atoms with Crippen LogP contribution < -0.4 is 8.38 Å². The van der Waals surface area contributed by atoms with Crippen molar-refractivity contribution in [1.29, 1.82) is 0 Å². The summed E-state index contributed by atoms with van der Waals surface area (Å²) in [6, 6.07) is 0. The Hall–Kier alpha value is 2.97. The van der Waals surface area contributed by atoms with Crippen molar-refractivity contribution in [3.8, 4) is 0 Å². The molecule has 0 atom stereocenters. The van der Waals surface area contributed by atoms with Gasteiger partial charge in [0, 0.05) is 0 Å². The molecule has 0 bridgehead atoms. The molecule has 0 fully saturated rings. The molecule has 0 unspecified atom stereocenters. The molecular weight excluding hydrogens is 696 g/mol. The van der Waals surface area contributed by atoms with Crippen LogP contribution in [-0.2, 0) is 0 Å². The third-order valence-corrected chi connectivity index (χ3v) is 29.0. The molecular formula is C13H8S7Se4. The number of hydrogen-bond donors (Lipinski definition) is 0. The van der Waals surface area contributed by atoms with Crippen molar-refractivity contribution in [3.05, 3.63) is 27.4 Å². The van der Waals surface area contributed by atoms with Gasteiger partial charge >= 0.3 is 199 Å². The van der Waals surface area contributed by atoms with E-state index >= 15 is 0 Å². The maximum atomic E-state index is 5.79. The maximum absolute atomic E-state index is 5.79. The van der Waals surface area contributed by atoms with Gasteiger partial charge < -0.3 is 0 Å². The van der Waals surface area contributed by atoms with Crippen LogP contribution in [-0.4, -0.2) is 71.3 Å². The van der Waals surface area contributed by atoms with E-state index in [-0.39, 0.29) is 0 Å². The van der Waals surface area contributed by atoms with Crippen LogP contribution in [0.15, 0.2) is 15.2 Å². The SMILES string of the molecule is S=c1sc(=C2[Se]C3=C(SCCS3)[Se]2)sc1=C1SC2=C(S1)[Se]CC[Se]2. The van der Waals surface area contributed by atoms with Gasteiger partial charge in [0.25, 0.3) is 0 Å². The third kappa shape index (κ3) is 3.86. The summed E-state index contributed by atoms with van der Waals surface area (Å²) in [5.74, 6) is 2.62. The molecule has 0 aromatic carbocycles. The van der Waals surface area contributed by atoms with E-state index in [1.807, 2.05) is 22.7 Å². The van der Waals surface area contributed by atoms with Gasteiger partial charge in [-0.1, -0.05) is 0 Å². The van der Waals surface area contributed by atoms with Crippen molar-refractivity contribution in [2.45, 2.75) is 10.6 Å². The van der Waals surface area contributed by atoms with Crippen LogP contribution in [0, 0.1) is 3.82 Å². The molecule has 0 saturated carbocycles. The predicted octanol–water partition coefficient (Wildman–Crippen LogP) is 3.56. The zero-order chi connectivity index (χ0) is 16.1. The average Bonchev–Trinajstić information content (AvgIpc) is 3.29. The Balaban J connectivity index is 1.52. The Morgan fingerprint density at radius 2 is 1.42 bits per heavy atom. The van der Waals surface area contributed by atoms with Gasteiger partial charge in [0.05, 0.1) is 0 Å². The second-order valence-electron chi connectivity index (χ2n) is 4.64. The molecule has 0 amide bonds. The van der Waals surface area contributed by atoms with E-state index in [2.05, 4.69) is 47.0 Å². The van der Waals surface area contributed by atoms with Crippen molar-refractivity contribution in [3.63, 3.8) is 0 Å². The fraction of sp³-hybridized carbons (Fsp3) is 0.308. The number of rotatable bonds is 0. The van der Waals surface area contributed by atoms with E-state index < -0.39 is 0 Å². The van der Waals surface area contributed by atoms with Crippen LogP contribution in [0.25, 0.3) is 7.61 Å². The van der Waals surface area contributed by atoms with Gasteiger partial charge in [-0.05, 0) is 0 Å². The van der Waals surface area contributed by atoms with Crippen molar-refractivity contribution in [1.82, 2.24) is 0 Å². The summed E-state index contributed by atoms with van der Waals surface area (Å²) in [6.45, 7) is 0. The van der Waals surface area contributed by atoms with Crippen LogP contribution in [0.2, 0.25) is 10.6 Å². The second kappa shape index (κ2) is 8.37. The summed E-state index contributed by atoms with van der Waals surface area (Å²) in [5, 5.41) is 2.92. The molecule has 1 aromatic rings. The molecule has 4 aliphatic heterocycles. The molecule has 1 aromatic heterocycles. The van der Waals surface area contributed by atoms with E-state index in [4.69, 9.17) is 12.2 Å². The fourth-order valence-electron chi connectivity index (χ4n) is 2.11. The van der Waals surface area contributed by atoms with Gasteiger partial charge in [0.15, 0.2) is 0 Å². The zero-order valence-corrected chi connectivity index (χ0v) is 24.4. The van der Waals surface area contributed by atoms with Crippen LogP contribution in [0.4, 0.5) is 0 Å². The van der Waals surface area contributed by atoms with Gasteiger partial charge in [-0.25, -0.2) is 0 Å². The van der Waals surface area contributed by atoms with Crippen molar-refractivity contribution in [2.75, 3.05) is 11.5 Å². The van der Waals surface area contributed by atoms with Gasteiger partial charge in [-0.15, -0.1) is 0 Å². The summed E-state index contributed by atoms with van der Waals surface area (Å²) >= 11 is 20.8. The van der Waals surface area contributed by atoms with Gasteiger partial charge in [0.2, 0.25) is 0 Å². The van der Waals surface area contributed by atoms with Crippen LogP contribution >= 0.6 is 81.9 Å². The second-order valence-corrected chi connectivity index (χ2v) is 24.7. The van der Waals surface area contributed by atoms with Crippen LogP contribution in [0.1, 0.15) is 0 Å². The number of thioether (sulfide) groups is 4. The summed E-state index contributed by atoms with van der Waals surface area (Å²) in [4.78, 5) is 0. The minimum atomic E-state index is 0.595. The summed E-state index contributed by atoms with van der Waals surface area (Å²) in [5.41, 5.74) is 0. The normalized spacial score (nSPS) is 24.0. The zero-order valence-electron chi connectivity index (χ0n) is 11.8. The van der Waals surface area contributed by atoms with E-state index in [9.17, 15) is 0 Å². The molecule has 0 radical (unpaired) electrons. The molecule has 126 valence electrons. The van der Waals surface area contributed by atoms with Crippen LogP contribution in [0.5, 0.6) is 0 Å². The standard InChI is InChI=1S/C13H8S7Se4/c14-6-5(7-19-11-12(20-7)22-4-3-21-11)17-8(18-6)13-23-9-10(24-13)16-2-1-15-9/h1-4H2. The first-order valence-corrected chi connectivity index (χ1v) is 20.1. The molecule has 11 heteroatoms. The fourth-order valence-corrected chi connectivity index (χ4v) is 29.9. The van der Waals surface area contributed by atoms with Gasteiger partial charge in [-0.2, -0.15) is 0 Å². The monoisotopic (exact) mass is 708 g/mol. The van der Waals surface area contributed by atoms with Crippen molar-refractivity contribution >= 4 is 149 Å². The van der Waals surface area contributed by atoms with E-state index in [0.29, 0.717) is 29.9 Å². The topological polar surface area (TPSA) is 0 Å². The molecule has 5 heterocycles. The van der Waals surface area contributed by atoms with E-state index in [0.717, 1.165) is 33.7 Å². The molecule has 0 saturated heterocycles. The molecule has 24 heavy (non-hydrogen) atoms. The first-order valence-electron chi connectivity index (χ1n) is 6.87. The molecule has 0 spiro atoms. The Morgan fingerprint density at radius 3 is 2.04 bits per heavy atom. The van der Waals surface area contributed by atoms with Crippen LogP contribution in [0.3, 0.4) is 0 Å². The van der Waals surface area contributed by atoms with Gasteiger partial charge in [0.1, 0.15) is 0 Å². The molecule has 5 rings (SSSR count). The summed E-state index contributed by atoms with van der Waals surface area (Å²) in [6.07, 6.45) is 0. The first-order chi connectivity index (χ1) is 11.8. The Kier molecular flexibility index (Phi) is 6.62. The molecule has 0 aliphatic carbocycles. The number of hydrogen-bond acceptors (Lipinski definition) is 7. The van der Waals surface area contributed by atoms with E-state index in [1.165, 1.54) is 30.9 Å². The molecule has 0 N–H and O–H groups in total. The summed E-state index contributed by atoms with van der Waals surface area (Å²) < 4.78 is 14.3. The summed E-state index contributed by atoms with van der Waals surface area (Å²) in [7, 11) is 0. The third-order valence-electron chi connectivity index (χ3n) is 3.09. The van der Waals surface area contributed by atoms with Crippen molar-refractivity contribution in [2.24, 2.45) is 0 Å². The van der Waals surface area contributed by atoms with Crippen molar-refractivity contribution < 1.29 is 0 Å². The average molecular weight is 705 g/mol. The van der Waals surface area contributed by atoms with E-state index in [1.54, 1.807) is 22.4 Å². The predicted molar refractivity (Wildman–Crippen MR) is 126 cm³/mol. The Labute approximate surface area is 196 Å². The van der Waals surface area contributed by atoms with Gasteiger partial charge in [-0.3, -0.25) is 0 Å². The minimum absolute atomic E-state index is 0.595. The first kappa shape index (κ1) is 19.0. The Morgan fingerprint density at radius 1 is 0.792 bits per heavy atom. The molecule has 0 nitrogen and oxygen atoms in total. The Bertz CT molecular complexity index is 914. The molecule has 4 aliphatic rings. The quantitative estimate of drug-likeness (QED) is 0.299.